The number of aliphatic hydroxyl groups excluding tert-OH is 2. The number of hydrogen-bond donors (Lipinski definition) is 2. The predicted molar refractivity (Wildman–Crippen MR) is 69.5 cm³/mol. The Labute approximate surface area is 101 Å². The van der Waals surface area contributed by atoms with E-state index >= 15 is 0 Å². The monoisotopic (exact) mass is 230 g/mol. The van der Waals surface area contributed by atoms with Crippen LogP contribution in [0.15, 0.2) is 0 Å². The summed E-state index contributed by atoms with van der Waals surface area (Å²) in [6.07, 6.45) is 8.64. The van der Waals surface area contributed by atoms with Crippen molar-refractivity contribution in [2.75, 3.05) is 6.61 Å². The van der Waals surface area contributed by atoms with Gasteiger partial charge in [0, 0.05) is 6.61 Å². The summed E-state index contributed by atoms with van der Waals surface area (Å²) < 4.78 is 0. The first-order valence-electron chi connectivity index (χ1n) is 6.81. The van der Waals surface area contributed by atoms with Gasteiger partial charge in [-0.2, -0.15) is 0 Å². The van der Waals surface area contributed by atoms with E-state index in [1.54, 1.807) is 0 Å². The summed E-state index contributed by atoms with van der Waals surface area (Å²) in [5.41, 5.74) is 0.0703. The normalized spacial score (nSPS) is 14.1. The van der Waals surface area contributed by atoms with Crippen molar-refractivity contribution in [1.82, 2.24) is 0 Å². The highest BCUT2D eigenvalue weighted by Crippen LogP contribution is 2.23. The van der Waals surface area contributed by atoms with E-state index < -0.39 is 0 Å². The summed E-state index contributed by atoms with van der Waals surface area (Å²) in [7, 11) is 0. The van der Waals surface area contributed by atoms with E-state index in [1.165, 1.54) is 12.8 Å². The number of aliphatic hydroxyl groups is 2. The Hall–Kier alpha value is -0.0800. The van der Waals surface area contributed by atoms with E-state index in [0.29, 0.717) is 0 Å². The van der Waals surface area contributed by atoms with Gasteiger partial charge in [-0.05, 0) is 24.7 Å². The molecule has 0 aromatic heterocycles. The molecule has 0 saturated carbocycles. The Morgan fingerprint density at radius 3 is 2.19 bits per heavy atom. The molecule has 0 aromatic rings. The van der Waals surface area contributed by atoms with Crippen LogP contribution >= 0.6 is 0 Å². The molecule has 2 heteroatoms. The van der Waals surface area contributed by atoms with Crippen LogP contribution in [0, 0.1) is 5.41 Å². The number of hydrogen-bond acceptors (Lipinski definition) is 2. The Kier molecular flexibility index (Phi) is 8.96. The van der Waals surface area contributed by atoms with Crippen LogP contribution in [0.2, 0.25) is 0 Å². The molecule has 0 aromatic carbocycles. The molecule has 0 aliphatic carbocycles. The number of unbranched alkanes of at least 4 members (excludes halogenated alkanes) is 3. The molecular weight excluding hydrogens is 200 g/mol. The van der Waals surface area contributed by atoms with E-state index in [4.69, 9.17) is 5.11 Å². The molecule has 98 valence electrons. The van der Waals surface area contributed by atoms with Crippen molar-refractivity contribution in [3.63, 3.8) is 0 Å². The van der Waals surface area contributed by atoms with Crippen molar-refractivity contribution in [3.8, 4) is 0 Å². The molecule has 0 aliphatic rings. The molecule has 0 aliphatic heterocycles. The third-order valence-electron chi connectivity index (χ3n) is 3.21. The average molecular weight is 230 g/mol. The van der Waals surface area contributed by atoms with Crippen LogP contribution in [0.3, 0.4) is 0 Å². The van der Waals surface area contributed by atoms with Crippen LogP contribution in [-0.4, -0.2) is 22.9 Å². The molecule has 0 heterocycles. The van der Waals surface area contributed by atoms with Gasteiger partial charge in [0.2, 0.25) is 0 Å². The van der Waals surface area contributed by atoms with E-state index in [2.05, 4.69) is 20.8 Å². The summed E-state index contributed by atoms with van der Waals surface area (Å²) in [5.74, 6) is 0. The average Bonchev–Trinajstić information content (AvgIpc) is 2.25. The minimum absolute atomic E-state index is 0.0703. The van der Waals surface area contributed by atoms with Gasteiger partial charge in [0.15, 0.2) is 0 Å². The van der Waals surface area contributed by atoms with Crippen LogP contribution in [0.1, 0.15) is 72.1 Å². The Bertz CT molecular complexity index is 155. The maximum atomic E-state index is 9.65. The van der Waals surface area contributed by atoms with Crippen molar-refractivity contribution in [2.45, 2.75) is 78.2 Å². The summed E-state index contributed by atoms with van der Waals surface area (Å²) in [4.78, 5) is 0. The maximum Gasteiger partial charge on any atom is 0.0540 e. The lowest BCUT2D eigenvalue weighted by molar-refractivity contribution is 0.139. The third-order valence-corrected chi connectivity index (χ3v) is 3.21. The summed E-state index contributed by atoms with van der Waals surface area (Å²) >= 11 is 0. The molecule has 2 nitrogen and oxygen atoms in total. The van der Waals surface area contributed by atoms with Gasteiger partial charge in [-0.1, -0.05) is 52.9 Å². The van der Waals surface area contributed by atoms with Gasteiger partial charge >= 0.3 is 0 Å². The van der Waals surface area contributed by atoms with Gasteiger partial charge in [0.05, 0.1) is 6.10 Å². The molecule has 0 spiro atoms. The van der Waals surface area contributed by atoms with Crippen LogP contribution in [0.5, 0.6) is 0 Å². The largest absolute Gasteiger partial charge is 0.396 e. The second-order valence-corrected chi connectivity index (χ2v) is 5.72. The standard InChI is InChI=1S/C14H30O2/c1-4-5-9-13(16)10-7-6-8-11-14(2,3)12-15/h13,15-16H,4-12H2,1-3H3. The fourth-order valence-corrected chi connectivity index (χ4v) is 1.82. The molecule has 0 amide bonds. The summed E-state index contributed by atoms with van der Waals surface area (Å²) in [5, 5.41) is 18.7. The van der Waals surface area contributed by atoms with Crippen molar-refractivity contribution >= 4 is 0 Å². The molecular formula is C14H30O2. The fraction of sp³-hybridized carbons (Fsp3) is 1.00. The minimum Gasteiger partial charge on any atom is -0.396 e. The number of rotatable bonds is 10. The van der Waals surface area contributed by atoms with E-state index in [1.807, 2.05) is 0 Å². The lowest BCUT2D eigenvalue weighted by atomic mass is 9.88. The molecule has 16 heavy (non-hydrogen) atoms. The van der Waals surface area contributed by atoms with Crippen molar-refractivity contribution < 1.29 is 10.2 Å². The van der Waals surface area contributed by atoms with E-state index in [0.717, 1.165) is 38.5 Å². The first kappa shape index (κ1) is 15.9. The minimum atomic E-state index is -0.0918. The van der Waals surface area contributed by atoms with Gasteiger partial charge in [-0.3, -0.25) is 0 Å². The van der Waals surface area contributed by atoms with Crippen LogP contribution < -0.4 is 0 Å². The fourth-order valence-electron chi connectivity index (χ4n) is 1.82. The lowest BCUT2D eigenvalue weighted by Gasteiger charge is -2.21. The van der Waals surface area contributed by atoms with Crippen molar-refractivity contribution in [2.24, 2.45) is 5.41 Å². The Morgan fingerprint density at radius 1 is 1.00 bits per heavy atom. The van der Waals surface area contributed by atoms with Gasteiger partial charge in [-0.25, -0.2) is 0 Å². The third kappa shape index (κ3) is 9.17. The zero-order chi connectivity index (χ0) is 12.4. The SMILES string of the molecule is CCCCC(O)CCCCCC(C)(C)CO. The van der Waals surface area contributed by atoms with Crippen molar-refractivity contribution in [3.05, 3.63) is 0 Å². The molecule has 0 rings (SSSR count). The summed E-state index contributed by atoms with van der Waals surface area (Å²) in [6.45, 7) is 6.63. The quantitative estimate of drug-likeness (QED) is 0.564. The second kappa shape index (κ2) is 9.00. The smallest absolute Gasteiger partial charge is 0.0540 e. The molecule has 2 N–H and O–H groups in total. The highest BCUT2D eigenvalue weighted by molar-refractivity contribution is 4.66. The van der Waals surface area contributed by atoms with Gasteiger partial charge < -0.3 is 10.2 Å². The van der Waals surface area contributed by atoms with Gasteiger partial charge in [-0.15, -0.1) is 0 Å². The molecule has 1 unspecified atom stereocenters. The zero-order valence-electron chi connectivity index (χ0n) is 11.3. The molecule has 1 atom stereocenters. The Balaban J connectivity index is 3.33. The lowest BCUT2D eigenvalue weighted by Crippen LogP contribution is -2.16. The maximum absolute atomic E-state index is 9.65. The first-order chi connectivity index (χ1) is 7.52. The Morgan fingerprint density at radius 2 is 1.62 bits per heavy atom. The molecule has 0 saturated heterocycles. The topological polar surface area (TPSA) is 40.5 Å². The van der Waals surface area contributed by atoms with Crippen molar-refractivity contribution in [1.29, 1.82) is 0 Å². The van der Waals surface area contributed by atoms with Crippen LogP contribution in [0.25, 0.3) is 0 Å². The molecule has 0 fully saturated rings. The van der Waals surface area contributed by atoms with Crippen LogP contribution in [-0.2, 0) is 0 Å². The first-order valence-corrected chi connectivity index (χ1v) is 6.81. The predicted octanol–water partition coefficient (Wildman–Crippen LogP) is 3.51. The second-order valence-electron chi connectivity index (χ2n) is 5.72. The van der Waals surface area contributed by atoms with Gasteiger partial charge in [0.25, 0.3) is 0 Å². The summed E-state index contributed by atoms with van der Waals surface area (Å²) in [6, 6.07) is 0. The highest BCUT2D eigenvalue weighted by atomic mass is 16.3. The molecule has 0 bridgehead atoms. The van der Waals surface area contributed by atoms with E-state index in [-0.39, 0.29) is 18.1 Å². The van der Waals surface area contributed by atoms with E-state index in [9.17, 15) is 5.11 Å². The van der Waals surface area contributed by atoms with Crippen LogP contribution in [0.4, 0.5) is 0 Å². The molecule has 0 radical (unpaired) electrons. The zero-order valence-corrected chi connectivity index (χ0v) is 11.3. The van der Waals surface area contributed by atoms with Gasteiger partial charge in [0.1, 0.15) is 0 Å². The highest BCUT2D eigenvalue weighted by Gasteiger charge is 2.15.